The first-order valence-electron chi connectivity index (χ1n) is 12.3. The molecule has 0 saturated carbocycles. The van der Waals surface area contributed by atoms with Crippen LogP contribution in [0.3, 0.4) is 0 Å². The molecule has 2 aromatic heterocycles. The van der Waals surface area contributed by atoms with Crippen LogP contribution in [0.1, 0.15) is 39.2 Å². The Balaban J connectivity index is 1.66. The fourth-order valence-corrected chi connectivity index (χ4v) is 5.23. The summed E-state index contributed by atoms with van der Waals surface area (Å²) in [5.74, 6) is -0.0183. The number of hydrogen-bond donors (Lipinski definition) is 2. The molecule has 39 heavy (non-hydrogen) atoms. The van der Waals surface area contributed by atoms with Crippen molar-refractivity contribution in [2.24, 2.45) is 0 Å². The first kappa shape index (κ1) is 28.6. The number of benzene rings is 1. The highest BCUT2D eigenvalue weighted by Gasteiger charge is 2.36. The molecule has 1 aliphatic rings. The second-order valence-electron chi connectivity index (χ2n) is 10.6. The highest BCUT2D eigenvalue weighted by Crippen LogP contribution is 2.39. The topological polar surface area (TPSA) is 121 Å². The van der Waals surface area contributed by atoms with Gasteiger partial charge in [0, 0.05) is 62.1 Å². The summed E-state index contributed by atoms with van der Waals surface area (Å²) in [7, 11) is -0.953. The molecule has 1 saturated heterocycles. The smallest absolute Gasteiger partial charge is 0.419 e. The van der Waals surface area contributed by atoms with E-state index in [0.29, 0.717) is 30.3 Å². The van der Waals surface area contributed by atoms with Crippen molar-refractivity contribution in [3.05, 3.63) is 36.2 Å². The number of halogens is 3. The van der Waals surface area contributed by atoms with E-state index in [1.54, 1.807) is 25.7 Å². The van der Waals surface area contributed by atoms with Crippen molar-refractivity contribution in [1.29, 1.82) is 0 Å². The average molecular weight is 569 g/mol. The van der Waals surface area contributed by atoms with Gasteiger partial charge in [0.15, 0.2) is 0 Å². The molecule has 0 radical (unpaired) electrons. The van der Waals surface area contributed by atoms with Crippen LogP contribution >= 0.6 is 0 Å². The summed E-state index contributed by atoms with van der Waals surface area (Å²) in [6.45, 7) is 6.11. The van der Waals surface area contributed by atoms with E-state index < -0.39 is 33.5 Å². The fraction of sp³-hybridized carbons (Fsp3) is 0.480. The number of alkyl halides is 3. The highest BCUT2D eigenvalue weighted by molar-refractivity contribution is 7.89. The van der Waals surface area contributed by atoms with Crippen LogP contribution in [0.5, 0.6) is 0 Å². The number of likely N-dealkylation sites (tertiary alicyclic amines) is 1. The van der Waals surface area contributed by atoms with E-state index in [-0.39, 0.29) is 34.7 Å². The minimum absolute atomic E-state index is 0.00123. The Bertz CT molecular complexity index is 1480. The van der Waals surface area contributed by atoms with Gasteiger partial charge in [0.05, 0.1) is 10.6 Å². The van der Waals surface area contributed by atoms with Crippen LogP contribution in [0, 0.1) is 0 Å². The first-order valence-corrected chi connectivity index (χ1v) is 13.7. The van der Waals surface area contributed by atoms with Crippen molar-refractivity contribution in [3.8, 4) is 11.3 Å². The fourth-order valence-electron chi connectivity index (χ4n) is 4.31. The van der Waals surface area contributed by atoms with Crippen molar-refractivity contribution in [3.63, 3.8) is 0 Å². The minimum atomic E-state index is -4.73. The van der Waals surface area contributed by atoms with Crippen molar-refractivity contribution in [1.82, 2.24) is 24.2 Å². The Morgan fingerprint density at radius 3 is 2.59 bits per heavy atom. The Morgan fingerprint density at radius 2 is 1.95 bits per heavy atom. The van der Waals surface area contributed by atoms with Crippen LogP contribution in [-0.4, -0.2) is 77.5 Å². The van der Waals surface area contributed by atoms with Gasteiger partial charge in [0.2, 0.25) is 16.0 Å². The lowest BCUT2D eigenvalue weighted by atomic mass is 10.1. The van der Waals surface area contributed by atoms with Gasteiger partial charge in [-0.25, -0.2) is 27.5 Å². The molecule has 1 aromatic carbocycles. The third kappa shape index (κ3) is 6.27. The molecule has 3 heterocycles. The van der Waals surface area contributed by atoms with Crippen molar-refractivity contribution in [2.45, 2.75) is 56.3 Å². The Hall–Kier alpha value is -3.39. The van der Waals surface area contributed by atoms with Crippen LogP contribution < -0.4 is 5.32 Å². The normalized spacial score (nSPS) is 17.1. The molecule has 212 valence electrons. The molecule has 1 atom stereocenters. The number of H-pyrrole nitrogens is 1. The molecule has 2 N–H and O–H groups in total. The van der Waals surface area contributed by atoms with Crippen LogP contribution in [0.25, 0.3) is 22.2 Å². The van der Waals surface area contributed by atoms with Gasteiger partial charge in [-0.2, -0.15) is 13.2 Å². The molecule has 1 amide bonds. The Labute approximate surface area is 224 Å². The zero-order chi connectivity index (χ0) is 28.8. The number of nitrogens with one attached hydrogen (secondary N) is 2. The molecule has 3 aromatic rings. The number of amides is 1. The van der Waals surface area contributed by atoms with E-state index in [0.717, 1.165) is 10.5 Å². The summed E-state index contributed by atoms with van der Waals surface area (Å²) >= 11 is 0. The van der Waals surface area contributed by atoms with Gasteiger partial charge in [-0.3, -0.25) is 0 Å². The van der Waals surface area contributed by atoms with E-state index in [4.69, 9.17) is 4.74 Å². The Morgan fingerprint density at radius 1 is 1.23 bits per heavy atom. The summed E-state index contributed by atoms with van der Waals surface area (Å²) in [5, 5.41) is 3.44. The van der Waals surface area contributed by atoms with Crippen LogP contribution in [0.15, 0.2) is 35.5 Å². The number of nitrogens with zero attached hydrogens (tertiary/aromatic N) is 4. The van der Waals surface area contributed by atoms with Crippen molar-refractivity contribution >= 4 is 33.0 Å². The summed E-state index contributed by atoms with van der Waals surface area (Å²) in [5.41, 5.74) is -1.54. The van der Waals surface area contributed by atoms with Gasteiger partial charge in [0.1, 0.15) is 11.2 Å². The lowest BCUT2D eigenvalue weighted by molar-refractivity contribution is -0.137. The standard InChI is InChI=1S/C25H31F3N6O4S/c1-24(2,3)38-23(35)34-10-6-7-15(14-34)31-22-30-13-19(25(26,27)28)21(32-22)18-12-29-20-11-16(8-9-17(18)20)39(36,37)33(4)5/h8-9,11-13,15,29H,6-7,10,14H2,1-5H3,(H,30,31,32)/t15-/m0/s1. The molecule has 0 spiro atoms. The van der Waals surface area contributed by atoms with Crippen molar-refractivity contribution in [2.75, 3.05) is 32.5 Å². The van der Waals surface area contributed by atoms with Gasteiger partial charge in [-0.15, -0.1) is 0 Å². The maximum Gasteiger partial charge on any atom is 0.419 e. The van der Waals surface area contributed by atoms with E-state index in [1.807, 2.05) is 0 Å². The lowest BCUT2D eigenvalue weighted by Gasteiger charge is -2.34. The predicted molar refractivity (Wildman–Crippen MR) is 140 cm³/mol. The number of sulfonamides is 1. The molecule has 14 heteroatoms. The van der Waals surface area contributed by atoms with Gasteiger partial charge in [0.25, 0.3) is 0 Å². The molecule has 4 rings (SSSR count). The predicted octanol–water partition coefficient (Wildman–Crippen LogP) is 4.71. The maximum absolute atomic E-state index is 14.0. The molecule has 1 fully saturated rings. The van der Waals surface area contributed by atoms with E-state index in [1.165, 1.54) is 38.5 Å². The number of hydrogen-bond acceptors (Lipinski definition) is 7. The van der Waals surface area contributed by atoms with Crippen molar-refractivity contribution < 1.29 is 31.1 Å². The molecule has 10 nitrogen and oxygen atoms in total. The zero-order valence-corrected chi connectivity index (χ0v) is 23.1. The second-order valence-corrected chi connectivity index (χ2v) is 12.7. The van der Waals surface area contributed by atoms with E-state index >= 15 is 0 Å². The third-order valence-electron chi connectivity index (χ3n) is 6.19. The molecular weight excluding hydrogens is 537 g/mol. The monoisotopic (exact) mass is 568 g/mol. The van der Waals surface area contributed by atoms with Crippen LogP contribution in [-0.2, 0) is 20.9 Å². The number of anilines is 1. The van der Waals surface area contributed by atoms with Gasteiger partial charge in [-0.1, -0.05) is 6.07 Å². The quantitative estimate of drug-likeness (QED) is 0.458. The zero-order valence-electron chi connectivity index (χ0n) is 22.3. The van der Waals surface area contributed by atoms with E-state index in [9.17, 15) is 26.4 Å². The summed E-state index contributed by atoms with van der Waals surface area (Å²) in [4.78, 5) is 25.1. The largest absolute Gasteiger partial charge is 0.444 e. The number of aromatic nitrogens is 3. The molecule has 1 aliphatic heterocycles. The highest BCUT2D eigenvalue weighted by atomic mass is 32.2. The maximum atomic E-state index is 14.0. The molecule has 0 bridgehead atoms. The lowest BCUT2D eigenvalue weighted by Crippen LogP contribution is -2.47. The van der Waals surface area contributed by atoms with E-state index in [2.05, 4.69) is 20.3 Å². The summed E-state index contributed by atoms with van der Waals surface area (Å²) < 4.78 is 73.4. The SMILES string of the molecule is CN(C)S(=O)(=O)c1ccc2c(-c3nc(N[C@H]4CCCN(C(=O)OC(C)(C)C)C4)ncc3C(F)(F)F)c[nH]c2c1. The third-order valence-corrected chi connectivity index (χ3v) is 8.00. The number of carbonyl (C=O) groups excluding carboxylic acids is 1. The van der Waals surface area contributed by atoms with Gasteiger partial charge in [-0.05, 0) is 45.7 Å². The summed E-state index contributed by atoms with van der Waals surface area (Å²) in [6.07, 6.45) is -1.77. The average Bonchev–Trinajstić information content (AvgIpc) is 3.25. The first-order chi connectivity index (χ1) is 18.1. The van der Waals surface area contributed by atoms with Gasteiger partial charge >= 0.3 is 12.3 Å². The number of ether oxygens (including phenoxy) is 1. The number of rotatable bonds is 5. The van der Waals surface area contributed by atoms with Crippen LogP contribution in [0.2, 0.25) is 0 Å². The second kappa shape index (κ2) is 10.3. The van der Waals surface area contributed by atoms with Crippen LogP contribution in [0.4, 0.5) is 23.9 Å². The number of carbonyl (C=O) groups is 1. The molecule has 0 unspecified atom stereocenters. The molecule has 0 aliphatic carbocycles. The van der Waals surface area contributed by atoms with Gasteiger partial charge < -0.3 is 19.9 Å². The minimum Gasteiger partial charge on any atom is -0.444 e. The Kier molecular flexibility index (Phi) is 7.56. The number of fused-ring (bicyclic) bond motifs is 1. The number of aromatic amines is 1. The number of piperidine rings is 1. The summed E-state index contributed by atoms with van der Waals surface area (Å²) in [6, 6.07) is 3.87. The molecular formula is C25H31F3N6O4S.